The number of carbonyl (C=O) groups is 6. The van der Waals surface area contributed by atoms with Gasteiger partial charge in [0.2, 0.25) is 11.7 Å². The number of fused-ring (bicyclic) bond motifs is 1. The molecule has 0 aromatic heterocycles. The van der Waals surface area contributed by atoms with E-state index in [9.17, 15) is 28.8 Å². The number of rotatable bonds is 15. The first-order chi connectivity index (χ1) is 19.7. The number of allylic oxidation sites excluding steroid dienone is 2. The normalized spacial score (nSPS) is 23.6. The largest absolute Gasteiger partial charge is 0.460 e. The number of Topliss-reactive ketones (excluding diaryl/α,β-unsaturated/α-hetero) is 3. The Balaban J connectivity index is 1.82. The van der Waals surface area contributed by atoms with Crippen LogP contribution in [-0.4, -0.2) is 64.3 Å². The summed E-state index contributed by atoms with van der Waals surface area (Å²) in [6, 6.07) is -0.648. The van der Waals surface area contributed by atoms with E-state index in [1.807, 2.05) is 6.92 Å². The molecule has 0 aromatic rings. The smallest absolute Gasteiger partial charge is 0.307 e. The zero-order valence-corrected chi connectivity index (χ0v) is 26.3. The van der Waals surface area contributed by atoms with Crippen molar-refractivity contribution >= 4 is 35.1 Å². The van der Waals surface area contributed by atoms with Gasteiger partial charge >= 0.3 is 5.97 Å². The molecule has 1 aliphatic heterocycles. The number of carbonyl (C=O) groups excluding carboxylic acids is 6. The van der Waals surface area contributed by atoms with Gasteiger partial charge in [0, 0.05) is 37.3 Å². The highest BCUT2D eigenvalue weighted by atomic mass is 16.6. The third-order valence-electron chi connectivity index (χ3n) is 8.87. The summed E-state index contributed by atoms with van der Waals surface area (Å²) in [5, 5.41) is 2.74. The molecule has 2 saturated carbocycles. The van der Waals surface area contributed by atoms with E-state index in [-0.39, 0.29) is 61.0 Å². The van der Waals surface area contributed by atoms with E-state index in [2.05, 4.69) is 5.32 Å². The first-order valence-electron chi connectivity index (χ1n) is 15.8. The lowest BCUT2D eigenvalue weighted by Gasteiger charge is -2.31. The van der Waals surface area contributed by atoms with Gasteiger partial charge in [0.25, 0.3) is 5.91 Å². The molecule has 3 aliphatic rings. The third kappa shape index (κ3) is 9.08. The van der Waals surface area contributed by atoms with Crippen molar-refractivity contribution in [3.8, 4) is 0 Å². The molecule has 9 nitrogen and oxygen atoms in total. The zero-order chi connectivity index (χ0) is 31.2. The molecule has 1 N–H and O–H groups in total. The van der Waals surface area contributed by atoms with E-state index in [1.54, 1.807) is 45.6 Å². The molecule has 0 unspecified atom stereocenters. The van der Waals surface area contributed by atoms with E-state index in [4.69, 9.17) is 4.74 Å². The first-order valence-corrected chi connectivity index (χ1v) is 15.8. The number of hydrogen-bond donors (Lipinski definition) is 1. The fraction of sp³-hybridized carbons (Fsp3) is 0.758. The molecule has 9 heteroatoms. The maximum atomic E-state index is 14.1. The van der Waals surface area contributed by atoms with Crippen LogP contribution in [0.5, 0.6) is 0 Å². The number of esters is 1. The third-order valence-corrected chi connectivity index (χ3v) is 8.87. The topological polar surface area (TPSA) is 127 Å². The van der Waals surface area contributed by atoms with Crippen molar-refractivity contribution in [2.24, 2.45) is 23.7 Å². The summed E-state index contributed by atoms with van der Waals surface area (Å²) in [6.45, 7) is 11.1. The fourth-order valence-electron chi connectivity index (χ4n) is 6.45. The van der Waals surface area contributed by atoms with E-state index in [0.717, 1.165) is 32.1 Å². The van der Waals surface area contributed by atoms with Crippen molar-refractivity contribution in [2.75, 3.05) is 6.54 Å². The number of ether oxygens (including phenoxy) is 1. The molecule has 5 atom stereocenters. The Bertz CT molecular complexity index is 1080. The van der Waals surface area contributed by atoms with Gasteiger partial charge in [0.1, 0.15) is 5.60 Å². The summed E-state index contributed by atoms with van der Waals surface area (Å²) in [7, 11) is 0. The summed E-state index contributed by atoms with van der Waals surface area (Å²) in [6.07, 6.45) is 7.24. The lowest BCUT2D eigenvalue weighted by atomic mass is 9.84. The van der Waals surface area contributed by atoms with Gasteiger partial charge in [-0.2, -0.15) is 0 Å². The number of ketones is 3. The second kappa shape index (κ2) is 14.6. The molecule has 3 fully saturated rings. The van der Waals surface area contributed by atoms with Crippen LogP contribution in [0.15, 0.2) is 11.6 Å². The van der Waals surface area contributed by atoms with E-state index in [1.165, 1.54) is 0 Å². The quantitative estimate of drug-likeness (QED) is 0.170. The second-order valence-corrected chi connectivity index (χ2v) is 13.5. The molecule has 234 valence electrons. The van der Waals surface area contributed by atoms with Crippen LogP contribution in [-0.2, 0) is 33.5 Å². The van der Waals surface area contributed by atoms with Crippen molar-refractivity contribution in [2.45, 2.75) is 130 Å². The van der Waals surface area contributed by atoms with Gasteiger partial charge in [0.15, 0.2) is 11.6 Å². The lowest BCUT2D eigenvalue weighted by Crippen LogP contribution is -2.47. The average Bonchev–Trinajstić information content (AvgIpc) is 3.48. The standard InChI is InChI=1S/C33H50N2O7/c1-7-10-21(30(39)31(40)34-24-14-15-24)17-27(37)29-25-12-9-11-23(25)19-35(29)32(41)22(13-16-26(36)20(3)8-2)18-28(38)42-33(4,5)6/h8,21-25,29H,7,9-19H2,1-6H3,(H,34,40)/b20-8+/t21-,22-,23+,25+,29+/m1/s1. The Morgan fingerprint density at radius 1 is 0.976 bits per heavy atom. The van der Waals surface area contributed by atoms with Crippen molar-refractivity contribution < 1.29 is 33.5 Å². The monoisotopic (exact) mass is 586 g/mol. The highest BCUT2D eigenvalue weighted by molar-refractivity contribution is 6.37. The number of nitrogens with zero attached hydrogens (tertiary/aromatic N) is 1. The molecule has 1 heterocycles. The summed E-state index contributed by atoms with van der Waals surface area (Å²) in [5.74, 6) is -3.66. The Hall–Kier alpha value is -2.84. The van der Waals surface area contributed by atoms with Crippen LogP contribution in [0.3, 0.4) is 0 Å². The van der Waals surface area contributed by atoms with Gasteiger partial charge in [0.05, 0.1) is 12.5 Å². The molecule has 3 rings (SSSR count). The fourth-order valence-corrected chi connectivity index (χ4v) is 6.45. The predicted molar refractivity (Wildman–Crippen MR) is 158 cm³/mol. The minimum Gasteiger partial charge on any atom is -0.460 e. The molecule has 1 saturated heterocycles. The van der Waals surface area contributed by atoms with Gasteiger partial charge in [-0.05, 0) is 90.6 Å². The Morgan fingerprint density at radius 2 is 1.67 bits per heavy atom. The summed E-state index contributed by atoms with van der Waals surface area (Å²) >= 11 is 0. The van der Waals surface area contributed by atoms with Crippen molar-refractivity contribution in [1.29, 1.82) is 0 Å². The van der Waals surface area contributed by atoms with Crippen molar-refractivity contribution in [1.82, 2.24) is 10.2 Å². The maximum Gasteiger partial charge on any atom is 0.307 e. The van der Waals surface area contributed by atoms with Gasteiger partial charge in [-0.15, -0.1) is 0 Å². The van der Waals surface area contributed by atoms with Crippen LogP contribution in [0.4, 0.5) is 0 Å². The van der Waals surface area contributed by atoms with E-state index < -0.39 is 41.1 Å². The van der Waals surface area contributed by atoms with Gasteiger partial charge in [-0.1, -0.05) is 25.8 Å². The maximum absolute atomic E-state index is 14.1. The molecule has 42 heavy (non-hydrogen) atoms. The van der Waals surface area contributed by atoms with Crippen molar-refractivity contribution in [3.63, 3.8) is 0 Å². The van der Waals surface area contributed by atoms with Crippen LogP contribution in [0.25, 0.3) is 0 Å². The van der Waals surface area contributed by atoms with Crippen LogP contribution >= 0.6 is 0 Å². The van der Waals surface area contributed by atoms with E-state index in [0.29, 0.717) is 25.0 Å². The summed E-state index contributed by atoms with van der Waals surface area (Å²) < 4.78 is 5.52. The lowest BCUT2D eigenvalue weighted by molar-refractivity contribution is -0.159. The van der Waals surface area contributed by atoms with Crippen LogP contribution in [0.2, 0.25) is 0 Å². The van der Waals surface area contributed by atoms with Gasteiger partial charge in [-0.25, -0.2) is 0 Å². The molecule has 2 aliphatic carbocycles. The van der Waals surface area contributed by atoms with Crippen LogP contribution in [0, 0.1) is 23.7 Å². The molecular formula is C33H50N2O7. The molecule has 0 aromatic carbocycles. The number of amides is 2. The van der Waals surface area contributed by atoms with Gasteiger partial charge < -0.3 is 15.0 Å². The minimum atomic E-state index is -0.806. The summed E-state index contributed by atoms with van der Waals surface area (Å²) in [4.78, 5) is 80.7. The number of nitrogens with one attached hydrogen (secondary N) is 1. The highest BCUT2D eigenvalue weighted by Gasteiger charge is 2.50. The Labute approximate surface area is 250 Å². The Morgan fingerprint density at radius 3 is 2.26 bits per heavy atom. The van der Waals surface area contributed by atoms with E-state index >= 15 is 0 Å². The Kier molecular flexibility index (Phi) is 11.7. The molecule has 0 bridgehead atoms. The van der Waals surface area contributed by atoms with Crippen LogP contribution in [0.1, 0.15) is 112 Å². The molecule has 0 spiro atoms. The molecular weight excluding hydrogens is 536 g/mol. The van der Waals surface area contributed by atoms with Crippen LogP contribution < -0.4 is 5.32 Å². The highest BCUT2D eigenvalue weighted by Crippen LogP contribution is 2.44. The predicted octanol–water partition coefficient (Wildman–Crippen LogP) is 4.50. The van der Waals surface area contributed by atoms with Crippen molar-refractivity contribution in [3.05, 3.63) is 11.6 Å². The molecule has 2 amide bonds. The average molecular weight is 587 g/mol. The van der Waals surface area contributed by atoms with Gasteiger partial charge in [-0.3, -0.25) is 28.8 Å². The number of likely N-dealkylation sites (tertiary alicyclic amines) is 1. The second-order valence-electron chi connectivity index (χ2n) is 13.5. The first kappa shape index (κ1) is 33.7. The summed E-state index contributed by atoms with van der Waals surface area (Å²) in [5.41, 5.74) is -0.128. The SMILES string of the molecule is C/C=C(\C)C(=O)CC[C@H](CC(=O)OC(C)(C)C)C(=O)N1C[C@@H]2CCC[C@@H]2[C@H]1C(=O)C[C@@H](CCC)C(=O)C(=O)NC1CC1. The zero-order valence-electron chi connectivity index (χ0n) is 26.3. The molecule has 0 radical (unpaired) electrons. The minimum absolute atomic E-state index is 0.00630. The number of hydrogen-bond acceptors (Lipinski definition) is 7.